The van der Waals surface area contributed by atoms with Gasteiger partial charge in [0.05, 0.1) is 27.7 Å². The van der Waals surface area contributed by atoms with Crippen molar-refractivity contribution in [3.8, 4) is 0 Å². The Bertz CT molecular complexity index is 788. The van der Waals surface area contributed by atoms with Crippen LogP contribution in [0.4, 0.5) is 17.1 Å². The number of non-ortho nitro benzene ring substituents is 1. The molecule has 2 N–H and O–H groups in total. The fraction of sp³-hybridized carbons (Fsp3) is 0.412. The minimum absolute atomic E-state index is 0.0134. The largest absolute Gasteiger partial charge is 0.344 e. The van der Waals surface area contributed by atoms with Gasteiger partial charge in [0, 0.05) is 11.6 Å². The van der Waals surface area contributed by atoms with Crippen LogP contribution in [0.5, 0.6) is 0 Å². The summed E-state index contributed by atoms with van der Waals surface area (Å²) in [5.41, 5.74) is 2.59. The van der Waals surface area contributed by atoms with Crippen LogP contribution in [0, 0.1) is 26.1 Å². The van der Waals surface area contributed by atoms with Crippen LogP contribution in [0.2, 0.25) is 0 Å². The zero-order valence-corrected chi connectivity index (χ0v) is 15.7. The molecule has 27 heavy (non-hydrogen) atoms. The molecule has 1 atom stereocenters. The van der Waals surface area contributed by atoms with E-state index in [9.17, 15) is 25.0 Å². The van der Waals surface area contributed by atoms with Gasteiger partial charge in [0.25, 0.3) is 5.69 Å². The molecule has 146 valence electrons. The van der Waals surface area contributed by atoms with Gasteiger partial charge in [0.15, 0.2) is 0 Å². The van der Waals surface area contributed by atoms with E-state index in [-0.39, 0.29) is 29.2 Å². The first-order valence-electron chi connectivity index (χ1n) is 8.22. The first kappa shape index (κ1) is 21.7. The molecule has 1 aromatic carbocycles. The minimum Gasteiger partial charge on any atom is -0.344 e. The predicted molar refractivity (Wildman–Crippen MR) is 103 cm³/mol. The molecule has 10 nitrogen and oxygen atoms in total. The van der Waals surface area contributed by atoms with E-state index in [1.807, 2.05) is 13.8 Å². The van der Waals surface area contributed by atoms with E-state index in [0.717, 1.165) is 12.1 Å². The summed E-state index contributed by atoms with van der Waals surface area (Å²) in [7, 11) is 0. The normalized spacial score (nSPS) is 12.4. The first-order valence-corrected chi connectivity index (χ1v) is 8.22. The van der Waals surface area contributed by atoms with Gasteiger partial charge in [0.2, 0.25) is 5.91 Å². The van der Waals surface area contributed by atoms with Gasteiger partial charge in [-0.2, -0.15) is 5.10 Å². The van der Waals surface area contributed by atoms with E-state index in [2.05, 4.69) is 22.4 Å². The zero-order chi connectivity index (χ0) is 20.7. The SMILES string of the molecule is C=C(C)C(=O)NC(CC(C)C)/C(C)=N\Nc1ccc([N+](=O)[O-])cc1[N+](=O)[O-]. The molecule has 0 saturated heterocycles. The number of hydrogen-bond donors (Lipinski definition) is 2. The van der Waals surface area contributed by atoms with E-state index in [0.29, 0.717) is 17.7 Å². The van der Waals surface area contributed by atoms with Gasteiger partial charge in [-0.25, -0.2) is 0 Å². The molecule has 0 spiro atoms. The summed E-state index contributed by atoms with van der Waals surface area (Å²) < 4.78 is 0. The second-order valence-electron chi connectivity index (χ2n) is 6.52. The molecule has 0 aliphatic heterocycles. The lowest BCUT2D eigenvalue weighted by Crippen LogP contribution is -2.41. The number of hydrogen-bond acceptors (Lipinski definition) is 7. The van der Waals surface area contributed by atoms with Crippen molar-refractivity contribution in [1.29, 1.82) is 0 Å². The topological polar surface area (TPSA) is 140 Å². The van der Waals surface area contributed by atoms with Gasteiger partial charge in [-0.05, 0) is 32.3 Å². The van der Waals surface area contributed by atoms with Gasteiger partial charge in [-0.15, -0.1) is 0 Å². The number of benzene rings is 1. The molecule has 0 aromatic heterocycles. The van der Waals surface area contributed by atoms with E-state index >= 15 is 0 Å². The lowest BCUT2D eigenvalue weighted by Gasteiger charge is -2.20. The quantitative estimate of drug-likeness (QED) is 0.292. The van der Waals surface area contributed by atoms with E-state index in [1.54, 1.807) is 13.8 Å². The van der Waals surface area contributed by atoms with Crippen molar-refractivity contribution in [2.24, 2.45) is 11.0 Å². The second-order valence-corrected chi connectivity index (χ2v) is 6.52. The Hall–Kier alpha value is -3.30. The van der Waals surface area contributed by atoms with Crippen LogP contribution in [0.1, 0.15) is 34.1 Å². The van der Waals surface area contributed by atoms with Crippen LogP contribution in [0.25, 0.3) is 0 Å². The third-order valence-electron chi connectivity index (χ3n) is 3.65. The number of nitrogens with zero attached hydrogens (tertiary/aromatic N) is 3. The van der Waals surface area contributed by atoms with Crippen molar-refractivity contribution in [3.05, 3.63) is 50.6 Å². The molecular weight excluding hydrogens is 354 g/mol. The Labute approximate surface area is 156 Å². The lowest BCUT2D eigenvalue weighted by atomic mass is 10.00. The molecule has 10 heteroatoms. The second kappa shape index (κ2) is 9.41. The number of carbonyl (C=O) groups excluding carboxylic acids is 1. The molecule has 1 unspecified atom stereocenters. The smallest absolute Gasteiger partial charge is 0.301 e. The van der Waals surface area contributed by atoms with Crippen LogP contribution >= 0.6 is 0 Å². The number of nitrogens with one attached hydrogen (secondary N) is 2. The lowest BCUT2D eigenvalue weighted by molar-refractivity contribution is -0.393. The summed E-state index contributed by atoms with van der Waals surface area (Å²) in [6.45, 7) is 10.8. The number of nitro groups is 2. The van der Waals surface area contributed by atoms with Gasteiger partial charge >= 0.3 is 5.69 Å². The van der Waals surface area contributed by atoms with Crippen molar-refractivity contribution < 1.29 is 14.6 Å². The molecule has 0 saturated carbocycles. The van der Waals surface area contributed by atoms with Crippen LogP contribution in [0.15, 0.2) is 35.5 Å². The third kappa shape index (κ3) is 6.49. The van der Waals surface area contributed by atoms with Crippen LogP contribution in [0.3, 0.4) is 0 Å². The highest BCUT2D eigenvalue weighted by atomic mass is 16.6. The Balaban J connectivity index is 3.09. The highest BCUT2D eigenvalue weighted by molar-refractivity contribution is 5.97. The molecule has 0 radical (unpaired) electrons. The first-order chi connectivity index (χ1) is 12.5. The molecule has 0 aliphatic rings. The fourth-order valence-corrected chi connectivity index (χ4v) is 2.19. The fourth-order valence-electron chi connectivity index (χ4n) is 2.19. The standard InChI is InChI=1S/C17H23N5O5/c1-10(2)8-15(18-17(23)11(3)4)12(5)19-20-14-7-6-13(21(24)25)9-16(14)22(26)27/h6-7,9-10,15,20H,3,8H2,1-2,4-5H3,(H,18,23)/b19-12-. The molecule has 0 aliphatic carbocycles. The number of anilines is 1. The van der Waals surface area contributed by atoms with Crippen molar-refractivity contribution in [2.45, 2.75) is 40.2 Å². The Morgan fingerprint density at radius 3 is 2.33 bits per heavy atom. The maximum Gasteiger partial charge on any atom is 0.301 e. The Kier molecular flexibility index (Phi) is 7.58. The van der Waals surface area contributed by atoms with Gasteiger partial charge in [-0.3, -0.25) is 30.4 Å². The summed E-state index contributed by atoms with van der Waals surface area (Å²) in [4.78, 5) is 32.4. The summed E-state index contributed by atoms with van der Waals surface area (Å²) in [6.07, 6.45) is 0.610. The van der Waals surface area contributed by atoms with Crippen molar-refractivity contribution in [1.82, 2.24) is 5.32 Å². The molecular formula is C17H23N5O5. The highest BCUT2D eigenvalue weighted by Gasteiger charge is 2.21. The highest BCUT2D eigenvalue weighted by Crippen LogP contribution is 2.29. The minimum atomic E-state index is -0.728. The Morgan fingerprint density at radius 1 is 1.22 bits per heavy atom. The van der Waals surface area contributed by atoms with E-state index in [1.165, 1.54) is 6.07 Å². The van der Waals surface area contributed by atoms with Crippen molar-refractivity contribution in [3.63, 3.8) is 0 Å². The molecule has 0 fully saturated rings. The maximum atomic E-state index is 11.9. The molecule has 1 aromatic rings. The molecule has 1 rings (SSSR count). The average molecular weight is 377 g/mol. The summed E-state index contributed by atoms with van der Waals surface area (Å²) in [6, 6.07) is 2.84. The number of amides is 1. The van der Waals surface area contributed by atoms with Crippen molar-refractivity contribution in [2.75, 3.05) is 5.43 Å². The van der Waals surface area contributed by atoms with Crippen LogP contribution in [-0.2, 0) is 4.79 Å². The summed E-state index contributed by atoms with van der Waals surface area (Å²) in [5.74, 6) is -0.0456. The third-order valence-corrected chi connectivity index (χ3v) is 3.65. The number of nitro benzene ring substituents is 2. The number of hydrazone groups is 1. The average Bonchev–Trinajstić information content (AvgIpc) is 2.57. The summed E-state index contributed by atoms with van der Waals surface area (Å²) >= 11 is 0. The Morgan fingerprint density at radius 2 is 1.85 bits per heavy atom. The molecule has 0 bridgehead atoms. The number of rotatable bonds is 9. The zero-order valence-electron chi connectivity index (χ0n) is 15.7. The van der Waals surface area contributed by atoms with Crippen LogP contribution < -0.4 is 10.7 Å². The van der Waals surface area contributed by atoms with Crippen LogP contribution in [-0.4, -0.2) is 27.5 Å². The maximum absolute atomic E-state index is 11.9. The van der Waals surface area contributed by atoms with Gasteiger partial charge < -0.3 is 5.32 Å². The predicted octanol–water partition coefficient (Wildman–Crippen LogP) is 3.40. The monoisotopic (exact) mass is 377 g/mol. The summed E-state index contributed by atoms with van der Waals surface area (Å²) in [5, 5.41) is 28.9. The van der Waals surface area contributed by atoms with E-state index < -0.39 is 15.5 Å². The van der Waals surface area contributed by atoms with Crippen molar-refractivity contribution >= 4 is 28.7 Å². The van der Waals surface area contributed by atoms with E-state index in [4.69, 9.17) is 0 Å². The van der Waals surface area contributed by atoms with Gasteiger partial charge in [0.1, 0.15) is 5.69 Å². The number of carbonyl (C=O) groups is 1. The van der Waals surface area contributed by atoms with Gasteiger partial charge in [-0.1, -0.05) is 20.4 Å². The molecule has 0 heterocycles. The molecule has 1 amide bonds.